The van der Waals surface area contributed by atoms with E-state index in [-0.39, 0.29) is 12.4 Å². The first-order chi connectivity index (χ1) is 8.71. The van der Waals surface area contributed by atoms with Crippen LogP contribution in [-0.4, -0.2) is 11.2 Å². The maximum Gasteiger partial charge on any atom is 0.416 e. The SMILES string of the molecule is CC(C)CC[C@@H](O)[C@@H](N)c1cccc(C(F)(F)F)c1.Cl. The molecular weight excluding hydrogens is 291 g/mol. The Morgan fingerprint density at radius 3 is 2.30 bits per heavy atom. The zero-order chi connectivity index (χ0) is 14.6. The molecule has 2 nitrogen and oxygen atoms in total. The lowest BCUT2D eigenvalue weighted by Crippen LogP contribution is -2.26. The molecule has 0 aliphatic heterocycles. The Balaban J connectivity index is 0.00000361. The van der Waals surface area contributed by atoms with Crippen LogP contribution in [0.5, 0.6) is 0 Å². The molecule has 0 radical (unpaired) electrons. The fourth-order valence-corrected chi connectivity index (χ4v) is 1.83. The predicted molar refractivity (Wildman–Crippen MR) is 75.7 cm³/mol. The number of hydrogen-bond acceptors (Lipinski definition) is 2. The van der Waals surface area contributed by atoms with E-state index >= 15 is 0 Å². The number of aliphatic hydroxyl groups excluding tert-OH is 1. The lowest BCUT2D eigenvalue weighted by molar-refractivity contribution is -0.137. The molecule has 1 rings (SSSR count). The van der Waals surface area contributed by atoms with Crippen LogP contribution in [0.1, 0.15) is 43.9 Å². The van der Waals surface area contributed by atoms with Crippen LogP contribution in [0, 0.1) is 5.92 Å². The number of benzene rings is 1. The predicted octanol–water partition coefficient (Wildman–Crippen LogP) is 3.92. The summed E-state index contributed by atoms with van der Waals surface area (Å²) in [6, 6.07) is 4.03. The van der Waals surface area contributed by atoms with Crippen molar-refractivity contribution in [2.45, 2.75) is 45.0 Å². The van der Waals surface area contributed by atoms with Crippen LogP contribution in [0.15, 0.2) is 24.3 Å². The van der Waals surface area contributed by atoms with E-state index in [0.29, 0.717) is 17.9 Å². The molecule has 0 fully saturated rings. The molecule has 6 heteroatoms. The second kappa shape index (κ2) is 7.86. The number of aliphatic hydroxyl groups is 1. The van der Waals surface area contributed by atoms with E-state index in [1.165, 1.54) is 12.1 Å². The van der Waals surface area contributed by atoms with Gasteiger partial charge in [-0.25, -0.2) is 0 Å². The average molecular weight is 312 g/mol. The first-order valence-electron chi connectivity index (χ1n) is 6.32. The largest absolute Gasteiger partial charge is 0.416 e. The summed E-state index contributed by atoms with van der Waals surface area (Å²) in [7, 11) is 0. The monoisotopic (exact) mass is 311 g/mol. The van der Waals surface area contributed by atoms with Crippen LogP contribution in [0.2, 0.25) is 0 Å². The smallest absolute Gasteiger partial charge is 0.391 e. The Morgan fingerprint density at radius 1 is 1.20 bits per heavy atom. The molecule has 0 aromatic heterocycles. The van der Waals surface area contributed by atoms with Crippen molar-refractivity contribution in [3.8, 4) is 0 Å². The van der Waals surface area contributed by atoms with Gasteiger partial charge in [0.2, 0.25) is 0 Å². The van der Waals surface area contributed by atoms with Gasteiger partial charge in [0, 0.05) is 0 Å². The molecule has 0 saturated carbocycles. The summed E-state index contributed by atoms with van der Waals surface area (Å²) in [5, 5.41) is 9.91. The van der Waals surface area contributed by atoms with Gasteiger partial charge in [0.25, 0.3) is 0 Å². The van der Waals surface area contributed by atoms with Crippen LogP contribution < -0.4 is 5.73 Å². The van der Waals surface area contributed by atoms with Crippen LogP contribution >= 0.6 is 12.4 Å². The second-order valence-electron chi connectivity index (χ2n) is 5.19. The summed E-state index contributed by atoms with van der Waals surface area (Å²) >= 11 is 0. The molecule has 3 N–H and O–H groups in total. The van der Waals surface area contributed by atoms with E-state index < -0.39 is 23.9 Å². The molecule has 116 valence electrons. The summed E-state index contributed by atoms with van der Waals surface area (Å²) in [6.07, 6.45) is -3.95. The molecule has 0 unspecified atom stereocenters. The lowest BCUT2D eigenvalue weighted by Gasteiger charge is -2.21. The van der Waals surface area contributed by atoms with Crippen LogP contribution in [0.3, 0.4) is 0 Å². The van der Waals surface area contributed by atoms with Crippen molar-refractivity contribution >= 4 is 12.4 Å². The molecule has 0 heterocycles. The van der Waals surface area contributed by atoms with Crippen LogP contribution in [0.4, 0.5) is 13.2 Å². The second-order valence-corrected chi connectivity index (χ2v) is 5.19. The van der Waals surface area contributed by atoms with Gasteiger partial charge >= 0.3 is 6.18 Å². The fourth-order valence-electron chi connectivity index (χ4n) is 1.83. The van der Waals surface area contributed by atoms with Gasteiger partial charge < -0.3 is 10.8 Å². The number of hydrogen-bond donors (Lipinski definition) is 2. The van der Waals surface area contributed by atoms with Crippen molar-refractivity contribution in [1.82, 2.24) is 0 Å². The van der Waals surface area contributed by atoms with Gasteiger partial charge in [-0.3, -0.25) is 0 Å². The Bertz CT molecular complexity index is 410. The van der Waals surface area contributed by atoms with Crippen molar-refractivity contribution in [1.29, 1.82) is 0 Å². The molecule has 0 amide bonds. The zero-order valence-corrected chi connectivity index (χ0v) is 12.3. The van der Waals surface area contributed by atoms with Crippen LogP contribution in [0.25, 0.3) is 0 Å². The molecule has 0 bridgehead atoms. The minimum Gasteiger partial charge on any atom is -0.391 e. The molecule has 0 aliphatic carbocycles. The third-order valence-electron chi connectivity index (χ3n) is 3.05. The van der Waals surface area contributed by atoms with Crippen molar-refractivity contribution in [2.75, 3.05) is 0 Å². The molecule has 0 aliphatic rings. The summed E-state index contributed by atoms with van der Waals surface area (Å²) < 4.78 is 37.7. The quantitative estimate of drug-likeness (QED) is 0.865. The third kappa shape index (κ3) is 5.69. The standard InChI is InChI=1S/C14H20F3NO.ClH/c1-9(2)6-7-12(19)13(18)10-4-3-5-11(8-10)14(15,16)17;/h3-5,8-9,12-13,19H,6-7,18H2,1-2H3;1H/t12-,13+;/m1./s1. The maximum atomic E-state index is 12.6. The topological polar surface area (TPSA) is 46.2 Å². The normalized spacial score (nSPS) is 14.8. The molecular formula is C14H21ClF3NO. The maximum absolute atomic E-state index is 12.6. The highest BCUT2D eigenvalue weighted by Gasteiger charge is 2.31. The number of rotatable bonds is 5. The molecule has 0 spiro atoms. The number of halogens is 4. The van der Waals surface area contributed by atoms with E-state index in [1.807, 2.05) is 13.8 Å². The van der Waals surface area contributed by atoms with Gasteiger partial charge in [0.1, 0.15) is 0 Å². The first-order valence-corrected chi connectivity index (χ1v) is 6.32. The van der Waals surface area contributed by atoms with E-state index in [2.05, 4.69) is 0 Å². The van der Waals surface area contributed by atoms with Gasteiger partial charge in [0.05, 0.1) is 17.7 Å². The molecule has 20 heavy (non-hydrogen) atoms. The minimum atomic E-state index is -4.39. The Hall–Kier alpha value is -0.780. The van der Waals surface area contributed by atoms with Crippen molar-refractivity contribution in [3.05, 3.63) is 35.4 Å². The summed E-state index contributed by atoms with van der Waals surface area (Å²) in [6.45, 7) is 4.03. The Morgan fingerprint density at radius 2 is 1.80 bits per heavy atom. The van der Waals surface area contributed by atoms with Crippen molar-refractivity contribution in [2.24, 2.45) is 11.7 Å². The van der Waals surface area contributed by atoms with Gasteiger partial charge in [-0.1, -0.05) is 26.0 Å². The molecule has 1 aromatic rings. The summed E-state index contributed by atoms with van der Waals surface area (Å²) in [5.74, 6) is 0.420. The molecule has 0 saturated heterocycles. The Labute approximate surface area is 123 Å². The third-order valence-corrected chi connectivity index (χ3v) is 3.05. The highest BCUT2D eigenvalue weighted by molar-refractivity contribution is 5.85. The molecule has 1 aromatic carbocycles. The van der Waals surface area contributed by atoms with Crippen molar-refractivity contribution in [3.63, 3.8) is 0 Å². The van der Waals surface area contributed by atoms with E-state index in [9.17, 15) is 18.3 Å². The lowest BCUT2D eigenvalue weighted by atomic mass is 9.95. The van der Waals surface area contributed by atoms with E-state index in [4.69, 9.17) is 5.73 Å². The highest BCUT2D eigenvalue weighted by Crippen LogP contribution is 2.31. The molecule has 2 atom stereocenters. The summed E-state index contributed by atoms with van der Waals surface area (Å²) in [4.78, 5) is 0. The van der Waals surface area contributed by atoms with Crippen molar-refractivity contribution < 1.29 is 18.3 Å². The first kappa shape index (κ1) is 19.2. The average Bonchev–Trinajstić information content (AvgIpc) is 2.34. The van der Waals surface area contributed by atoms with Gasteiger partial charge in [-0.15, -0.1) is 12.4 Å². The number of nitrogens with two attached hydrogens (primary N) is 1. The van der Waals surface area contributed by atoms with E-state index in [0.717, 1.165) is 18.6 Å². The highest BCUT2D eigenvalue weighted by atomic mass is 35.5. The number of alkyl halides is 3. The van der Waals surface area contributed by atoms with Gasteiger partial charge in [0.15, 0.2) is 0 Å². The minimum absolute atomic E-state index is 0. The fraction of sp³-hybridized carbons (Fsp3) is 0.571. The Kier molecular flexibility index (Phi) is 7.55. The van der Waals surface area contributed by atoms with Gasteiger partial charge in [-0.05, 0) is 36.5 Å². The van der Waals surface area contributed by atoms with Crippen LogP contribution in [-0.2, 0) is 6.18 Å². The van der Waals surface area contributed by atoms with E-state index in [1.54, 1.807) is 0 Å². The zero-order valence-electron chi connectivity index (χ0n) is 11.5. The van der Waals surface area contributed by atoms with Gasteiger partial charge in [-0.2, -0.15) is 13.2 Å². The summed E-state index contributed by atoms with van der Waals surface area (Å²) in [5.41, 5.74) is 5.39.